The Morgan fingerprint density at radius 3 is 2.76 bits per heavy atom. The minimum Gasteiger partial charge on any atom is -0.489 e. The quantitative estimate of drug-likeness (QED) is 0.757. The van der Waals surface area contributed by atoms with Gasteiger partial charge in [-0.1, -0.05) is 24.4 Å². The minimum absolute atomic E-state index is 0.0821. The first kappa shape index (κ1) is 11.1. The van der Waals surface area contributed by atoms with Crippen LogP contribution in [0.5, 0.6) is 5.75 Å². The summed E-state index contributed by atoms with van der Waals surface area (Å²) >= 11 is 5.90. The van der Waals surface area contributed by atoms with E-state index in [0.717, 1.165) is 0 Å². The van der Waals surface area contributed by atoms with Crippen LogP contribution < -0.4 is 4.74 Å². The van der Waals surface area contributed by atoms with E-state index >= 15 is 0 Å². The molecule has 3 heteroatoms. The van der Waals surface area contributed by atoms with Gasteiger partial charge in [-0.3, -0.25) is 4.79 Å². The Bertz CT molecular complexity index is 450. The molecule has 1 atom stereocenters. The summed E-state index contributed by atoms with van der Waals surface area (Å²) in [5.41, 5.74) is 0.645. The van der Waals surface area contributed by atoms with Crippen LogP contribution in [0, 0.1) is 5.92 Å². The number of rotatable bonds is 1. The maximum absolute atomic E-state index is 12.1. The smallest absolute Gasteiger partial charge is 0.170 e. The van der Waals surface area contributed by atoms with E-state index < -0.39 is 0 Å². The van der Waals surface area contributed by atoms with Crippen molar-refractivity contribution in [3.05, 3.63) is 28.8 Å². The zero-order valence-electron chi connectivity index (χ0n) is 9.62. The van der Waals surface area contributed by atoms with Crippen molar-refractivity contribution in [2.45, 2.75) is 38.2 Å². The lowest BCUT2D eigenvalue weighted by Gasteiger charge is -2.29. The average Bonchev–Trinajstić information content (AvgIpc) is 2.83. The fourth-order valence-electron chi connectivity index (χ4n) is 2.91. The van der Waals surface area contributed by atoms with Gasteiger partial charge in [0.1, 0.15) is 11.9 Å². The van der Waals surface area contributed by atoms with Gasteiger partial charge in [0, 0.05) is 11.4 Å². The molecule has 1 fully saturated rings. The number of halogens is 1. The van der Waals surface area contributed by atoms with Crippen LogP contribution in [0.15, 0.2) is 18.2 Å². The van der Waals surface area contributed by atoms with E-state index in [4.69, 9.17) is 16.3 Å². The van der Waals surface area contributed by atoms with E-state index in [-0.39, 0.29) is 11.9 Å². The number of hydrogen-bond donors (Lipinski definition) is 0. The summed E-state index contributed by atoms with van der Waals surface area (Å²) in [6, 6.07) is 5.31. The van der Waals surface area contributed by atoms with Gasteiger partial charge in [-0.05, 0) is 37.0 Å². The van der Waals surface area contributed by atoms with Crippen LogP contribution in [-0.2, 0) is 0 Å². The molecule has 1 aromatic rings. The Labute approximate surface area is 106 Å². The Morgan fingerprint density at radius 1 is 1.24 bits per heavy atom. The zero-order chi connectivity index (χ0) is 11.8. The predicted octanol–water partition coefficient (Wildman–Crippen LogP) is 3.86. The maximum Gasteiger partial charge on any atom is 0.170 e. The van der Waals surface area contributed by atoms with Gasteiger partial charge in [0.05, 0.1) is 5.56 Å². The monoisotopic (exact) mass is 250 g/mol. The molecule has 1 heterocycles. The van der Waals surface area contributed by atoms with E-state index in [1.54, 1.807) is 12.1 Å². The van der Waals surface area contributed by atoms with Crippen molar-refractivity contribution < 1.29 is 9.53 Å². The van der Waals surface area contributed by atoms with Gasteiger partial charge < -0.3 is 4.74 Å². The van der Waals surface area contributed by atoms with Crippen LogP contribution >= 0.6 is 11.6 Å². The summed E-state index contributed by atoms with van der Waals surface area (Å²) in [7, 11) is 0. The predicted molar refractivity (Wildman–Crippen MR) is 66.8 cm³/mol. The molecule has 0 bridgehead atoms. The average molecular weight is 251 g/mol. The minimum atomic E-state index is 0.0821. The summed E-state index contributed by atoms with van der Waals surface area (Å²) in [6.07, 6.45) is 5.52. The number of ether oxygens (including phenoxy) is 1. The van der Waals surface area contributed by atoms with E-state index in [9.17, 15) is 4.79 Å². The normalized spacial score (nSPS) is 24.5. The molecule has 0 spiro atoms. The molecule has 1 aliphatic carbocycles. The van der Waals surface area contributed by atoms with Gasteiger partial charge in [0.25, 0.3) is 0 Å². The molecular formula is C14H15ClO2. The standard InChI is InChI=1S/C14H15ClO2/c15-10-5-6-13-11(7-10)12(16)8-14(17-13)9-3-1-2-4-9/h5-7,9,14H,1-4,8H2. The molecule has 1 saturated carbocycles. The Kier molecular flexibility index (Phi) is 2.83. The molecule has 1 aliphatic heterocycles. The highest BCUT2D eigenvalue weighted by molar-refractivity contribution is 6.31. The molecule has 0 N–H and O–H groups in total. The van der Waals surface area contributed by atoms with Crippen molar-refractivity contribution >= 4 is 17.4 Å². The van der Waals surface area contributed by atoms with Crippen LogP contribution in [0.2, 0.25) is 5.02 Å². The Hall–Kier alpha value is -1.02. The van der Waals surface area contributed by atoms with Crippen LogP contribution in [0.25, 0.3) is 0 Å². The van der Waals surface area contributed by atoms with Crippen LogP contribution in [0.3, 0.4) is 0 Å². The van der Waals surface area contributed by atoms with Crippen molar-refractivity contribution in [3.8, 4) is 5.75 Å². The Morgan fingerprint density at radius 2 is 2.00 bits per heavy atom. The molecule has 17 heavy (non-hydrogen) atoms. The molecule has 1 aromatic carbocycles. The van der Waals surface area contributed by atoms with Gasteiger partial charge >= 0.3 is 0 Å². The zero-order valence-corrected chi connectivity index (χ0v) is 10.4. The maximum atomic E-state index is 12.1. The summed E-state index contributed by atoms with van der Waals surface area (Å²) < 4.78 is 5.96. The molecule has 3 rings (SSSR count). The highest BCUT2D eigenvalue weighted by Crippen LogP contribution is 2.37. The van der Waals surface area contributed by atoms with Gasteiger partial charge in [0.2, 0.25) is 0 Å². The highest BCUT2D eigenvalue weighted by Gasteiger charge is 2.33. The van der Waals surface area contributed by atoms with Crippen molar-refractivity contribution in [1.82, 2.24) is 0 Å². The summed E-state index contributed by atoms with van der Waals surface area (Å²) in [5, 5.41) is 0.597. The molecule has 0 aromatic heterocycles. The second kappa shape index (κ2) is 4.34. The number of fused-ring (bicyclic) bond motifs is 1. The summed E-state index contributed by atoms with van der Waals surface area (Å²) in [4.78, 5) is 12.1. The number of carbonyl (C=O) groups excluding carboxylic acids is 1. The highest BCUT2D eigenvalue weighted by atomic mass is 35.5. The molecule has 2 nitrogen and oxygen atoms in total. The van der Waals surface area contributed by atoms with E-state index in [1.165, 1.54) is 25.7 Å². The van der Waals surface area contributed by atoms with Crippen molar-refractivity contribution in [2.24, 2.45) is 5.92 Å². The lowest BCUT2D eigenvalue weighted by Crippen LogP contribution is -2.32. The Balaban J connectivity index is 1.87. The number of carbonyl (C=O) groups is 1. The number of Topliss-reactive ketones (excluding diaryl/α,β-unsaturated/α-hetero) is 1. The van der Waals surface area contributed by atoms with E-state index in [0.29, 0.717) is 28.7 Å². The first-order valence-corrected chi connectivity index (χ1v) is 6.61. The van der Waals surface area contributed by atoms with Gasteiger partial charge in [-0.25, -0.2) is 0 Å². The van der Waals surface area contributed by atoms with Gasteiger partial charge in [0.15, 0.2) is 5.78 Å². The third-order valence-electron chi connectivity index (χ3n) is 3.83. The third-order valence-corrected chi connectivity index (χ3v) is 4.07. The van der Waals surface area contributed by atoms with Gasteiger partial charge in [-0.15, -0.1) is 0 Å². The number of ketones is 1. The second-order valence-electron chi connectivity index (χ2n) is 4.97. The topological polar surface area (TPSA) is 26.3 Å². The van der Waals surface area contributed by atoms with Crippen LogP contribution in [0.4, 0.5) is 0 Å². The summed E-state index contributed by atoms with van der Waals surface area (Å²) in [5.74, 6) is 1.44. The SMILES string of the molecule is O=C1CC(C2CCCC2)Oc2ccc(Cl)cc21. The fourth-order valence-corrected chi connectivity index (χ4v) is 3.08. The molecule has 90 valence electrons. The first-order chi connectivity index (χ1) is 8.24. The lowest BCUT2D eigenvalue weighted by atomic mass is 9.91. The van der Waals surface area contributed by atoms with Crippen molar-refractivity contribution in [1.29, 1.82) is 0 Å². The van der Waals surface area contributed by atoms with Crippen molar-refractivity contribution in [3.63, 3.8) is 0 Å². The van der Waals surface area contributed by atoms with E-state index in [2.05, 4.69) is 0 Å². The second-order valence-corrected chi connectivity index (χ2v) is 5.41. The molecule has 1 unspecified atom stereocenters. The van der Waals surface area contributed by atoms with Crippen molar-refractivity contribution in [2.75, 3.05) is 0 Å². The molecule has 0 radical (unpaired) electrons. The van der Waals surface area contributed by atoms with Crippen LogP contribution in [-0.4, -0.2) is 11.9 Å². The molecule has 0 amide bonds. The summed E-state index contributed by atoms with van der Waals surface area (Å²) in [6.45, 7) is 0. The molecule has 0 saturated heterocycles. The van der Waals surface area contributed by atoms with E-state index in [1.807, 2.05) is 6.07 Å². The fraction of sp³-hybridized carbons (Fsp3) is 0.500. The largest absolute Gasteiger partial charge is 0.489 e. The number of hydrogen-bond acceptors (Lipinski definition) is 2. The number of benzene rings is 1. The lowest BCUT2D eigenvalue weighted by molar-refractivity contribution is 0.0738. The molecular weight excluding hydrogens is 236 g/mol. The third kappa shape index (κ3) is 2.06. The molecule has 2 aliphatic rings. The van der Waals surface area contributed by atoms with Gasteiger partial charge in [-0.2, -0.15) is 0 Å². The van der Waals surface area contributed by atoms with Crippen LogP contribution in [0.1, 0.15) is 42.5 Å². The first-order valence-electron chi connectivity index (χ1n) is 6.23.